The first kappa shape index (κ1) is 20.7. The van der Waals surface area contributed by atoms with Gasteiger partial charge in [0.1, 0.15) is 0 Å². The maximum absolute atomic E-state index is 5.93. The van der Waals surface area contributed by atoms with E-state index in [1.54, 1.807) is 29.7 Å². The third-order valence-corrected chi connectivity index (χ3v) is 5.59. The second-order valence-corrected chi connectivity index (χ2v) is 7.70. The molecule has 0 spiro atoms. The number of rotatable bonds is 7. The molecule has 128 valence electrons. The van der Waals surface area contributed by atoms with Crippen molar-refractivity contribution in [1.82, 2.24) is 15.6 Å². The Labute approximate surface area is 167 Å². The van der Waals surface area contributed by atoms with Crippen LogP contribution >= 0.6 is 58.3 Å². The maximum atomic E-state index is 5.93. The number of aliphatic imine (C=N–C) groups is 1. The van der Waals surface area contributed by atoms with Crippen molar-refractivity contribution in [2.45, 2.75) is 26.2 Å². The molecule has 2 N–H and O–H groups in total. The molecule has 0 aliphatic carbocycles. The van der Waals surface area contributed by atoms with Crippen molar-refractivity contribution < 1.29 is 0 Å². The molecule has 2 rings (SSSR count). The van der Waals surface area contributed by atoms with E-state index in [1.807, 2.05) is 12.3 Å². The standard InChI is InChI=1S/C15H21ClN4S2.HI/c1-3-11-10-20-14(22-11)7-9-19-15(17-2)18-8-6-12-4-5-13(16)21-12;/h4-5,10H,3,6-9H2,1-2H3,(H2,17,18,19);1H. The summed E-state index contributed by atoms with van der Waals surface area (Å²) in [4.78, 5) is 11.3. The zero-order valence-electron chi connectivity index (χ0n) is 13.3. The first-order valence-corrected chi connectivity index (χ1v) is 9.34. The summed E-state index contributed by atoms with van der Waals surface area (Å²) >= 11 is 9.34. The lowest BCUT2D eigenvalue weighted by atomic mass is 10.3. The molecular weight excluding hydrogens is 463 g/mol. The number of nitrogens with zero attached hydrogens (tertiary/aromatic N) is 2. The molecule has 23 heavy (non-hydrogen) atoms. The van der Waals surface area contributed by atoms with Crippen LogP contribution in [0.2, 0.25) is 4.34 Å². The Morgan fingerprint density at radius 3 is 2.48 bits per heavy atom. The van der Waals surface area contributed by atoms with Crippen LogP contribution in [0.25, 0.3) is 0 Å². The molecule has 0 amide bonds. The first-order chi connectivity index (χ1) is 10.7. The van der Waals surface area contributed by atoms with Crippen LogP contribution in [0.1, 0.15) is 21.7 Å². The highest BCUT2D eigenvalue weighted by molar-refractivity contribution is 14.0. The molecule has 2 heterocycles. The van der Waals surface area contributed by atoms with E-state index in [4.69, 9.17) is 11.6 Å². The fraction of sp³-hybridized carbons (Fsp3) is 0.467. The fourth-order valence-electron chi connectivity index (χ4n) is 1.93. The van der Waals surface area contributed by atoms with E-state index in [9.17, 15) is 0 Å². The van der Waals surface area contributed by atoms with Gasteiger partial charge in [-0.05, 0) is 25.0 Å². The molecule has 0 aliphatic rings. The van der Waals surface area contributed by atoms with Gasteiger partial charge in [0, 0.05) is 42.5 Å². The van der Waals surface area contributed by atoms with E-state index < -0.39 is 0 Å². The fourth-order valence-corrected chi connectivity index (χ4v) is 3.87. The smallest absolute Gasteiger partial charge is 0.191 e. The molecule has 2 aromatic heterocycles. The van der Waals surface area contributed by atoms with Gasteiger partial charge < -0.3 is 10.6 Å². The van der Waals surface area contributed by atoms with E-state index in [1.165, 1.54) is 14.8 Å². The van der Waals surface area contributed by atoms with Crippen LogP contribution in [-0.2, 0) is 19.3 Å². The Hall–Kier alpha value is -0.380. The number of hydrogen-bond donors (Lipinski definition) is 2. The Kier molecular flexibility index (Phi) is 10.1. The van der Waals surface area contributed by atoms with Crippen molar-refractivity contribution in [3.63, 3.8) is 0 Å². The van der Waals surface area contributed by atoms with Crippen molar-refractivity contribution >= 4 is 64.2 Å². The van der Waals surface area contributed by atoms with Gasteiger partial charge in [0.05, 0.1) is 9.34 Å². The van der Waals surface area contributed by atoms with E-state index in [0.717, 1.165) is 42.6 Å². The molecular formula is C15H22ClIN4S2. The van der Waals surface area contributed by atoms with Gasteiger partial charge in [0.25, 0.3) is 0 Å². The normalized spacial score (nSPS) is 11.2. The highest BCUT2D eigenvalue weighted by Gasteiger charge is 2.03. The van der Waals surface area contributed by atoms with Crippen LogP contribution in [0.15, 0.2) is 23.3 Å². The summed E-state index contributed by atoms with van der Waals surface area (Å²) in [6.45, 7) is 3.83. The number of thiophene rings is 1. The van der Waals surface area contributed by atoms with Crippen molar-refractivity contribution in [2.24, 2.45) is 4.99 Å². The average molecular weight is 485 g/mol. The number of aryl methyl sites for hydroxylation is 1. The van der Waals surface area contributed by atoms with Gasteiger partial charge in [0.2, 0.25) is 0 Å². The molecule has 0 bridgehead atoms. The van der Waals surface area contributed by atoms with Crippen LogP contribution in [0.4, 0.5) is 0 Å². The van der Waals surface area contributed by atoms with Crippen LogP contribution < -0.4 is 10.6 Å². The summed E-state index contributed by atoms with van der Waals surface area (Å²) in [5.41, 5.74) is 0. The summed E-state index contributed by atoms with van der Waals surface area (Å²) in [6, 6.07) is 4.01. The topological polar surface area (TPSA) is 49.3 Å². The minimum Gasteiger partial charge on any atom is -0.356 e. The van der Waals surface area contributed by atoms with Gasteiger partial charge in [-0.3, -0.25) is 4.99 Å². The molecule has 0 saturated heterocycles. The van der Waals surface area contributed by atoms with Crippen molar-refractivity contribution in [3.8, 4) is 0 Å². The second kappa shape index (κ2) is 11.2. The minimum atomic E-state index is 0. The van der Waals surface area contributed by atoms with Gasteiger partial charge >= 0.3 is 0 Å². The lowest BCUT2D eigenvalue weighted by Gasteiger charge is -2.10. The number of aromatic nitrogens is 1. The lowest BCUT2D eigenvalue weighted by molar-refractivity contribution is 0.785. The van der Waals surface area contributed by atoms with Crippen LogP contribution in [0.3, 0.4) is 0 Å². The SMILES string of the molecule is CCc1cnc(CCNC(=NC)NCCc2ccc(Cl)s2)s1.I. The van der Waals surface area contributed by atoms with Gasteiger partial charge in [-0.15, -0.1) is 46.7 Å². The third-order valence-electron chi connectivity index (χ3n) is 3.10. The molecule has 0 radical (unpaired) electrons. The van der Waals surface area contributed by atoms with Gasteiger partial charge in [-0.25, -0.2) is 4.98 Å². The zero-order chi connectivity index (χ0) is 15.8. The van der Waals surface area contributed by atoms with Gasteiger partial charge in [-0.2, -0.15) is 0 Å². The molecule has 2 aromatic rings. The Morgan fingerprint density at radius 1 is 1.17 bits per heavy atom. The molecule has 0 unspecified atom stereocenters. The number of guanidine groups is 1. The number of halogens is 2. The molecule has 0 aliphatic heterocycles. The van der Waals surface area contributed by atoms with Gasteiger partial charge in [0.15, 0.2) is 5.96 Å². The predicted octanol–water partition coefficient (Wildman–Crippen LogP) is 3.99. The zero-order valence-corrected chi connectivity index (χ0v) is 18.0. The van der Waals surface area contributed by atoms with Crippen molar-refractivity contribution in [1.29, 1.82) is 0 Å². The highest BCUT2D eigenvalue weighted by Crippen LogP contribution is 2.21. The summed E-state index contributed by atoms with van der Waals surface area (Å²) in [5.74, 6) is 0.829. The molecule has 4 nitrogen and oxygen atoms in total. The first-order valence-electron chi connectivity index (χ1n) is 7.33. The molecule has 0 atom stereocenters. The number of nitrogens with one attached hydrogen (secondary N) is 2. The average Bonchev–Trinajstić information content (AvgIpc) is 3.14. The largest absolute Gasteiger partial charge is 0.356 e. The van der Waals surface area contributed by atoms with Crippen molar-refractivity contribution in [3.05, 3.63) is 37.4 Å². The Bertz CT molecular complexity index is 612. The minimum absolute atomic E-state index is 0. The van der Waals surface area contributed by atoms with Crippen molar-refractivity contribution in [2.75, 3.05) is 20.1 Å². The molecule has 0 fully saturated rings. The second-order valence-electron chi connectivity index (χ2n) is 4.71. The number of hydrogen-bond acceptors (Lipinski definition) is 4. The van der Waals surface area contributed by atoms with Crippen LogP contribution in [0.5, 0.6) is 0 Å². The summed E-state index contributed by atoms with van der Waals surface area (Å²) in [6.07, 6.45) is 4.90. The van der Waals surface area contributed by atoms with E-state index in [2.05, 4.69) is 33.6 Å². The summed E-state index contributed by atoms with van der Waals surface area (Å²) in [7, 11) is 1.79. The Balaban J connectivity index is 0.00000264. The number of thiazole rings is 1. The summed E-state index contributed by atoms with van der Waals surface area (Å²) in [5, 5.41) is 7.81. The quantitative estimate of drug-likeness (QED) is 0.355. The monoisotopic (exact) mass is 484 g/mol. The van der Waals surface area contributed by atoms with E-state index in [0.29, 0.717) is 0 Å². The lowest BCUT2D eigenvalue weighted by Crippen LogP contribution is -2.39. The van der Waals surface area contributed by atoms with Gasteiger partial charge in [-0.1, -0.05) is 18.5 Å². The third kappa shape index (κ3) is 7.36. The highest BCUT2D eigenvalue weighted by atomic mass is 127. The van der Waals surface area contributed by atoms with Crippen LogP contribution in [-0.4, -0.2) is 31.1 Å². The molecule has 0 aromatic carbocycles. The predicted molar refractivity (Wildman–Crippen MR) is 113 cm³/mol. The summed E-state index contributed by atoms with van der Waals surface area (Å²) < 4.78 is 0.840. The van der Waals surface area contributed by atoms with E-state index >= 15 is 0 Å². The Morgan fingerprint density at radius 2 is 1.91 bits per heavy atom. The van der Waals surface area contributed by atoms with Crippen LogP contribution in [0, 0.1) is 0 Å². The molecule has 8 heteroatoms. The van der Waals surface area contributed by atoms with E-state index in [-0.39, 0.29) is 24.0 Å². The molecule has 0 saturated carbocycles. The maximum Gasteiger partial charge on any atom is 0.191 e.